The number of benzene rings is 3. The van der Waals surface area contributed by atoms with Crippen molar-refractivity contribution < 1.29 is 18.9 Å². The number of nitriles is 1. The molecule has 32 heavy (non-hydrogen) atoms. The molecule has 1 unspecified atom stereocenters. The fourth-order valence-electron chi connectivity index (χ4n) is 4.06. The smallest absolute Gasteiger partial charge is 0.205 e. The molecule has 1 heterocycles. The number of nitrogens with two attached hydrogens (primary N) is 1. The summed E-state index contributed by atoms with van der Waals surface area (Å²) in [4.78, 5) is 0. The van der Waals surface area contributed by atoms with Crippen LogP contribution < -0.4 is 24.7 Å². The molecule has 1 aliphatic heterocycles. The minimum absolute atomic E-state index is 0.0996. The van der Waals surface area contributed by atoms with Crippen LogP contribution in [0.25, 0.3) is 10.8 Å². The van der Waals surface area contributed by atoms with Gasteiger partial charge in [-0.1, -0.05) is 49.7 Å². The Morgan fingerprint density at radius 3 is 2.44 bits per heavy atom. The molecule has 4 rings (SSSR count). The second-order valence-corrected chi connectivity index (χ2v) is 7.59. The Morgan fingerprint density at radius 1 is 1.06 bits per heavy atom. The molecule has 0 spiro atoms. The molecule has 6 heteroatoms. The molecule has 0 saturated carbocycles. The second kappa shape index (κ2) is 9.11. The summed E-state index contributed by atoms with van der Waals surface area (Å²) < 4.78 is 23.2. The molecule has 164 valence electrons. The zero-order chi connectivity index (χ0) is 22.7. The first-order valence-corrected chi connectivity index (χ1v) is 10.6. The van der Waals surface area contributed by atoms with Crippen LogP contribution in [0.4, 0.5) is 0 Å². The van der Waals surface area contributed by atoms with Crippen LogP contribution in [0.1, 0.15) is 36.8 Å². The molecule has 0 radical (unpaired) electrons. The topological polar surface area (TPSA) is 86.7 Å². The van der Waals surface area contributed by atoms with E-state index in [1.165, 1.54) is 0 Å². The molecule has 3 aromatic carbocycles. The number of hydrogen-bond acceptors (Lipinski definition) is 6. The SMILES string of the molecule is CCCCOc1c(OC)cc(C2C(C#N)=C(N)Oc3c2ccc2ccccc32)cc1OC. The number of allylic oxidation sites excluding steroid dienone is 1. The fourth-order valence-corrected chi connectivity index (χ4v) is 4.06. The summed E-state index contributed by atoms with van der Waals surface area (Å²) in [6, 6.07) is 17.9. The van der Waals surface area contributed by atoms with Crippen molar-refractivity contribution in [3.63, 3.8) is 0 Å². The molecule has 0 aromatic heterocycles. The quantitative estimate of drug-likeness (QED) is 0.515. The summed E-state index contributed by atoms with van der Waals surface area (Å²) in [5.74, 6) is 1.96. The van der Waals surface area contributed by atoms with Crippen molar-refractivity contribution in [2.24, 2.45) is 5.73 Å². The van der Waals surface area contributed by atoms with E-state index in [0.717, 1.165) is 34.7 Å². The molecule has 0 bridgehead atoms. The molecular formula is C26H26N2O4. The first kappa shape index (κ1) is 21.4. The number of fused-ring (bicyclic) bond motifs is 3. The van der Waals surface area contributed by atoms with Gasteiger partial charge in [-0.2, -0.15) is 5.26 Å². The van der Waals surface area contributed by atoms with Gasteiger partial charge in [0.1, 0.15) is 17.4 Å². The third kappa shape index (κ3) is 3.67. The molecule has 0 amide bonds. The number of nitrogens with zero attached hydrogens (tertiary/aromatic N) is 1. The third-order valence-corrected chi connectivity index (χ3v) is 5.67. The van der Waals surface area contributed by atoms with Crippen LogP contribution in [0.5, 0.6) is 23.0 Å². The molecular weight excluding hydrogens is 404 g/mol. The highest BCUT2D eigenvalue weighted by Gasteiger charge is 2.33. The summed E-state index contributed by atoms with van der Waals surface area (Å²) in [5.41, 5.74) is 8.23. The molecule has 0 saturated heterocycles. The van der Waals surface area contributed by atoms with Crippen LogP contribution in [0, 0.1) is 11.3 Å². The normalized spacial score (nSPS) is 15.0. The van der Waals surface area contributed by atoms with E-state index < -0.39 is 5.92 Å². The van der Waals surface area contributed by atoms with Gasteiger partial charge in [0.15, 0.2) is 11.5 Å². The van der Waals surface area contributed by atoms with E-state index in [-0.39, 0.29) is 5.88 Å². The lowest BCUT2D eigenvalue weighted by atomic mass is 9.82. The van der Waals surface area contributed by atoms with E-state index >= 15 is 0 Å². The Hall–Kier alpha value is -3.85. The second-order valence-electron chi connectivity index (χ2n) is 7.59. The average molecular weight is 431 g/mol. The monoisotopic (exact) mass is 430 g/mol. The Balaban J connectivity index is 1.90. The Morgan fingerprint density at radius 2 is 1.78 bits per heavy atom. The van der Waals surface area contributed by atoms with E-state index in [1.807, 2.05) is 48.5 Å². The highest BCUT2D eigenvalue weighted by molar-refractivity contribution is 5.91. The molecule has 0 fully saturated rings. The van der Waals surface area contributed by atoms with E-state index in [9.17, 15) is 5.26 Å². The maximum atomic E-state index is 9.93. The lowest BCUT2D eigenvalue weighted by Crippen LogP contribution is -2.21. The highest BCUT2D eigenvalue weighted by Crippen LogP contribution is 2.48. The molecule has 3 aromatic rings. The maximum Gasteiger partial charge on any atom is 0.205 e. The largest absolute Gasteiger partial charge is 0.493 e. The number of unbranched alkanes of at least 4 members (excludes halogenated alkanes) is 1. The van der Waals surface area contributed by atoms with Crippen molar-refractivity contribution in [2.45, 2.75) is 25.7 Å². The van der Waals surface area contributed by atoms with Gasteiger partial charge in [-0.05, 0) is 29.5 Å². The number of methoxy groups -OCH3 is 2. The van der Waals surface area contributed by atoms with E-state index in [4.69, 9.17) is 24.7 Å². The van der Waals surface area contributed by atoms with Crippen LogP contribution in [0.2, 0.25) is 0 Å². The summed E-state index contributed by atoms with van der Waals surface area (Å²) >= 11 is 0. The number of hydrogen-bond donors (Lipinski definition) is 1. The first-order chi connectivity index (χ1) is 15.6. The van der Waals surface area contributed by atoms with Crippen LogP contribution >= 0.6 is 0 Å². The maximum absolute atomic E-state index is 9.93. The Bertz CT molecular complexity index is 1200. The van der Waals surface area contributed by atoms with Crippen molar-refractivity contribution in [1.82, 2.24) is 0 Å². The van der Waals surface area contributed by atoms with Crippen LogP contribution in [0.15, 0.2) is 60.0 Å². The van der Waals surface area contributed by atoms with Crippen LogP contribution in [0.3, 0.4) is 0 Å². The van der Waals surface area contributed by atoms with Crippen molar-refractivity contribution >= 4 is 10.8 Å². The van der Waals surface area contributed by atoms with Gasteiger partial charge in [-0.3, -0.25) is 0 Å². The van der Waals surface area contributed by atoms with E-state index in [1.54, 1.807) is 14.2 Å². The Kier molecular flexibility index (Phi) is 6.09. The van der Waals surface area contributed by atoms with Crippen molar-refractivity contribution in [1.29, 1.82) is 5.26 Å². The van der Waals surface area contributed by atoms with Gasteiger partial charge in [0.2, 0.25) is 11.6 Å². The molecule has 6 nitrogen and oxygen atoms in total. The number of rotatable bonds is 7. The third-order valence-electron chi connectivity index (χ3n) is 5.67. The summed E-state index contributed by atoms with van der Waals surface area (Å²) in [6.45, 7) is 2.67. The predicted molar refractivity (Wildman–Crippen MR) is 123 cm³/mol. The zero-order valence-corrected chi connectivity index (χ0v) is 18.5. The van der Waals surface area contributed by atoms with Gasteiger partial charge in [-0.25, -0.2) is 0 Å². The first-order valence-electron chi connectivity index (χ1n) is 10.6. The molecule has 1 aliphatic rings. The van der Waals surface area contributed by atoms with Crippen molar-refractivity contribution in [3.8, 4) is 29.1 Å². The summed E-state index contributed by atoms with van der Waals surface area (Å²) in [6.07, 6.45) is 1.94. The van der Waals surface area contributed by atoms with Crippen LogP contribution in [-0.2, 0) is 0 Å². The predicted octanol–water partition coefficient (Wildman–Crippen LogP) is 5.25. The standard InChI is InChI=1S/C26H26N2O4/c1-4-5-12-31-25-21(29-2)13-17(14-22(25)30-3)23-19-11-10-16-8-6-7-9-18(16)24(19)32-26(28)20(23)15-27/h6-11,13-14,23H,4-5,12,28H2,1-3H3. The van der Waals surface area contributed by atoms with Gasteiger partial charge < -0.3 is 24.7 Å². The Labute approximate surface area is 187 Å². The fraction of sp³-hybridized carbons (Fsp3) is 0.269. The van der Waals surface area contributed by atoms with Gasteiger partial charge in [-0.15, -0.1) is 0 Å². The summed E-state index contributed by atoms with van der Waals surface area (Å²) in [5, 5.41) is 11.9. The lowest BCUT2D eigenvalue weighted by Gasteiger charge is -2.28. The van der Waals surface area contributed by atoms with Crippen molar-refractivity contribution in [2.75, 3.05) is 20.8 Å². The van der Waals surface area contributed by atoms with Gasteiger partial charge in [0.05, 0.1) is 26.7 Å². The lowest BCUT2D eigenvalue weighted by molar-refractivity contribution is 0.269. The van der Waals surface area contributed by atoms with E-state index in [2.05, 4.69) is 13.0 Å². The molecule has 0 aliphatic carbocycles. The van der Waals surface area contributed by atoms with E-state index in [0.29, 0.717) is 35.2 Å². The molecule has 1 atom stereocenters. The van der Waals surface area contributed by atoms with Crippen molar-refractivity contribution in [3.05, 3.63) is 71.1 Å². The minimum Gasteiger partial charge on any atom is -0.493 e. The molecule has 2 N–H and O–H groups in total. The van der Waals surface area contributed by atoms with Gasteiger partial charge in [0, 0.05) is 10.9 Å². The van der Waals surface area contributed by atoms with Crippen LogP contribution in [-0.4, -0.2) is 20.8 Å². The van der Waals surface area contributed by atoms with Gasteiger partial charge in [0.25, 0.3) is 0 Å². The van der Waals surface area contributed by atoms with Gasteiger partial charge >= 0.3 is 0 Å². The highest BCUT2D eigenvalue weighted by atomic mass is 16.5. The zero-order valence-electron chi connectivity index (χ0n) is 18.5. The average Bonchev–Trinajstić information content (AvgIpc) is 2.83. The minimum atomic E-state index is -0.430. The summed E-state index contributed by atoms with van der Waals surface area (Å²) in [7, 11) is 3.18. The number of ether oxygens (including phenoxy) is 4.